The molecule has 2 bridgehead atoms. The molecule has 4 fully saturated rings. The molecule has 7 rings (SSSR count). The van der Waals surface area contributed by atoms with E-state index < -0.39 is 24.2 Å². The minimum absolute atomic E-state index is 0.0358. The first-order valence-corrected chi connectivity index (χ1v) is 20.1. The van der Waals surface area contributed by atoms with Crippen molar-refractivity contribution in [2.75, 3.05) is 53.4 Å². The first kappa shape index (κ1) is 41.6. The molecule has 56 heavy (non-hydrogen) atoms. The number of likely N-dealkylation sites (N-methyl/N-ethyl adjacent to an activating group) is 1. The maximum Gasteiger partial charge on any atom is 0.251 e. The molecular weight excluding hydrogens is 707 g/mol. The highest BCUT2D eigenvalue weighted by atomic mass is 16.7. The highest BCUT2D eigenvalue weighted by Gasteiger charge is 2.57. The van der Waals surface area contributed by atoms with Gasteiger partial charge in [-0.05, 0) is 92.8 Å². The van der Waals surface area contributed by atoms with Crippen LogP contribution in [-0.2, 0) is 22.6 Å². The molecule has 3 aromatic rings. The summed E-state index contributed by atoms with van der Waals surface area (Å²) in [5.74, 6) is 1.02. The van der Waals surface area contributed by atoms with Crippen molar-refractivity contribution >= 4 is 17.5 Å². The summed E-state index contributed by atoms with van der Waals surface area (Å²) in [5.41, 5.74) is 5.15. The van der Waals surface area contributed by atoms with Crippen molar-refractivity contribution in [3.05, 3.63) is 83.4 Å². The summed E-state index contributed by atoms with van der Waals surface area (Å²) in [6, 6.07) is 20.9. The van der Waals surface area contributed by atoms with Crippen LogP contribution in [0.5, 0.6) is 5.75 Å². The largest absolute Gasteiger partial charge is 0.496 e. The van der Waals surface area contributed by atoms with Crippen molar-refractivity contribution in [3.8, 4) is 16.9 Å². The van der Waals surface area contributed by atoms with E-state index in [1.165, 1.54) is 6.42 Å². The monoisotopic (exact) mass is 769 g/mol. The van der Waals surface area contributed by atoms with Gasteiger partial charge >= 0.3 is 0 Å². The minimum Gasteiger partial charge on any atom is -0.496 e. The third kappa shape index (κ3) is 8.62. The number of anilines is 1. The van der Waals surface area contributed by atoms with E-state index in [1.807, 2.05) is 87.7 Å². The molecule has 11 nitrogen and oxygen atoms in total. The zero-order chi connectivity index (χ0) is 40.5. The van der Waals surface area contributed by atoms with Gasteiger partial charge in [0.1, 0.15) is 17.9 Å². The Balaban J connectivity index is 1.28. The number of amides is 2. The number of hydrogen-bond acceptors (Lipinski definition) is 9. The molecule has 0 aromatic heterocycles. The number of ether oxygens (including phenoxy) is 1. The van der Waals surface area contributed by atoms with Crippen molar-refractivity contribution in [3.63, 3.8) is 0 Å². The topological polar surface area (TPSA) is 127 Å². The van der Waals surface area contributed by atoms with Crippen LogP contribution in [0.25, 0.3) is 11.1 Å². The van der Waals surface area contributed by atoms with Gasteiger partial charge in [-0.15, -0.1) is 0 Å². The van der Waals surface area contributed by atoms with Crippen molar-refractivity contribution in [2.45, 2.75) is 83.8 Å². The summed E-state index contributed by atoms with van der Waals surface area (Å²) in [7, 11) is 9.52. The van der Waals surface area contributed by atoms with Gasteiger partial charge in [0.25, 0.3) is 5.91 Å². The van der Waals surface area contributed by atoms with Crippen LogP contribution < -0.4 is 20.3 Å². The average molecular weight is 770 g/mol. The Hall–Kier alpha value is -4.00. The SMILES string of the molecule is COc1c(CN2O[C@@H](CO)[C@@H]([C@H](C)O)[C@H]2C(=O)N[C@H]2C[C@@H]3C[C@H]([C@@H]2C)C3(C)C)cccc1-c1cc(C(=O)N[C@@H](Cc2ccccc2)CN(C)C)cc(N(C)C)c1. The maximum atomic E-state index is 14.3. The summed E-state index contributed by atoms with van der Waals surface area (Å²) in [6.07, 6.45) is 1.17. The van der Waals surface area contributed by atoms with Crippen LogP contribution in [0.3, 0.4) is 0 Å². The fourth-order valence-electron chi connectivity index (χ4n) is 9.76. The Morgan fingerprint density at radius 2 is 1.77 bits per heavy atom. The predicted octanol–water partition coefficient (Wildman–Crippen LogP) is 4.99. The lowest BCUT2D eigenvalue weighted by Crippen LogP contribution is -2.62. The number of nitrogens with one attached hydrogen (secondary N) is 2. The number of nitrogens with zero attached hydrogens (tertiary/aromatic N) is 3. The highest BCUT2D eigenvalue weighted by Crippen LogP contribution is 2.61. The molecule has 304 valence electrons. The quantitative estimate of drug-likeness (QED) is 0.169. The van der Waals surface area contributed by atoms with Crippen LogP contribution in [0.2, 0.25) is 0 Å². The molecule has 4 aliphatic rings. The second-order valence-corrected chi connectivity index (χ2v) is 17.5. The lowest BCUT2D eigenvalue weighted by Gasteiger charge is -2.62. The number of aliphatic hydroxyl groups is 2. The van der Waals surface area contributed by atoms with Crippen LogP contribution in [0, 0.1) is 29.1 Å². The van der Waals surface area contributed by atoms with Gasteiger partial charge in [-0.1, -0.05) is 69.3 Å². The number of hydroxylamine groups is 2. The summed E-state index contributed by atoms with van der Waals surface area (Å²) < 4.78 is 6.11. The van der Waals surface area contributed by atoms with Gasteiger partial charge in [0, 0.05) is 61.0 Å². The van der Waals surface area contributed by atoms with Crippen molar-refractivity contribution in [1.82, 2.24) is 20.6 Å². The van der Waals surface area contributed by atoms with E-state index in [2.05, 4.69) is 48.4 Å². The molecule has 9 atom stereocenters. The highest BCUT2D eigenvalue weighted by molar-refractivity contribution is 5.97. The third-order valence-corrected chi connectivity index (χ3v) is 12.9. The first-order chi connectivity index (χ1) is 26.6. The fourth-order valence-corrected chi connectivity index (χ4v) is 9.76. The molecule has 1 heterocycles. The summed E-state index contributed by atoms with van der Waals surface area (Å²) in [4.78, 5) is 38.7. The summed E-state index contributed by atoms with van der Waals surface area (Å²) >= 11 is 0. The van der Waals surface area contributed by atoms with Gasteiger partial charge in [-0.2, -0.15) is 5.06 Å². The van der Waals surface area contributed by atoms with E-state index in [1.54, 1.807) is 19.1 Å². The van der Waals surface area contributed by atoms with Crippen LogP contribution in [0.15, 0.2) is 66.7 Å². The van der Waals surface area contributed by atoms with Crippen LogP contribution in [0.4, 0.5) is 5.69 Å². The van der Waals surface area contributed by atoms with Gasteiger partial charge in [-0.25, -0.2) is 0 Å². The zero-order valence-electron chi connectivity index (χ0n) is 34.7. The number of carbonyl (C=O) groups is 2. The lowest BCUT2D eigenvalue weighted by molar-refractivity contribution is -0.183. The Morgan fingerprint density at radius 1 is 1.04 bits per heavy atom. The number of hydrogen-bond donors (Lipinski definition) is 4. The number of benzene rings is 3. The standard InChI is InChI=1S/C45H63N5O6/c1-27-37-22-33(45(37,3)4)23-38(27)47-44(54)41-40(28(2)52)39(26-51)56-50(41)24-30-16-13-17-36(42(30)55-9)31-19-32(21-35(20-31)49(7)8)43(53)46-34(25-48(5)6)18-29-14-11-10-12-15-29/h10-17,19-21,27-28,33-34,37-41,51-52H,18,22-26H2,1-9H3,(H,46,53)(H,47,54)/t27-,28-,33-,34-,37+,38-,39-,40+,41-/m0/s1. The Labute approximate surface area is 333 Å². The maximum absolute atomic E-state index is 14.3. The number of aliphatic hydroxyl groups excluding tert-OH is 2. The van der Waals surface area contributed by atoms with E-state index >= 15 is 0 Å². The van der Waals surface area contributed by atoms with E-state index in [-0.39, 0.29) is 42.5 Å². The molecule has 3 aliphatic carbocycles. The first-order valence-electron chi connectivity index (χ1n) is 20.1. The van der Waals surface area contributed by atoms with Crippen molar-refractivity contribution < 1.29 is 29.4 Å². The van der Waals surface area contributed by atoms with Crippen molar-refractivity contribution in [2.24, 2.45) is 29.1 Å². The number of fused-ring (bicyclic) bond motifs is 2. The molecule has 0 unspecified atom stereocenters. The van der Waals surface area contributed by atoms with Crippen LogP contribution in [0.1, 0.15) is 62.0 Å². The molecule has 3 aromatic carbocycles. The minimum atomic E-state index is -0.902. The average Bonchev–Trinajstić information content (AvgIpc) is 3.53. The van der Waals surface area contributed by atoms with E-state index in [9.17, 15) is 19.8 Å². The van der Waals surface area contributed by atoms with Gasteiger partial charge in [-0.3, -0.25) is 14.4 Å². The number of para-hydroxylation sites is 1. The Bertz CT molecular complexity index is 1830. The molecule has 1 aliphatic heterocycles. The normalized spacial score (nSPS) is 26.6. The molecule has 4 N–H and O–H groups in total. The third-order valence-electron chi connectivity index (χ3n) is 12.9. The van der Waals surface area contributed by atoms with E-state index in [4.69, 9.17) is 9.57 Å². The Morgan fingerprint density at radius 3 is 2.38 bits per heavy atom. The molecule has 3 saturated carbocycles. The second-order valence-electron chi connectivity index (χ2n) is 17.5. The molecule has 1 saturated heterocycles. The molecule has 0 radical (unpaired) electrons. The fraction of sp³-hybridized carbons (Fsp3) is 0.556. The Kier molecular flexibility index (Phi) is 12.8. The van der Waals surface area contributed by atoms with Gasteiger partial charge in [0.2, 0.25) is 5.91 Å². The lowest BCUT2D eigenvalue weighted by atomic mass is 9.45. The smallest absolute Gasteiger partial charge is 0.251 e. The number of rotatable bonds is 15. The molecular formula is C45H63N5O6. The zero-order valence-corrected chi connectivity index (χ0v) is 34.7. The second kappa shape index (κ2) is 17.2. The molecule has 11 heteroatoms. The number of carbonyl (C=O) groups excluding carboxylic acids is 2. The predicted molar refractivity (Wildman–Crippen MR) is 220 cm³/mol. The number of methoxy groups -OCH3 is 1. The van der Waals surface area contributed by atoms with Gasteiger partial charge < -0.3 is 35.4 Å². The van der Waals surface area contributed by atoms with Crippen LogP contribution >= 0.6 is 0 Å². The van der Waals surface area contributed by atoms with Crippen LogP contribution in [-0.4, -0.2) is 111 Å². The van der Waals surface area contributed by atoms with Crippen molar-refractivity contribution in [1.29, 1.82) is 0 Å². The molecule has 0 spiro atoms. The van der Waals surface area contributed by atoms with Gasteiger partial charge in [0.05, 0.1) is 26.4 Å². The van der Waals surface area contributed by atoms with E-state index in [0.29, 0.717) is 42.0 Å². The summed E-state index contributed by atoms with van der Waals surface area (Å²) in [5, 5.41) is 29.6. The molecule has 2 amide bonds. The summed E-state index contributed by atoms with van der Waals surface area (Å²) in [6.45, 7) is 9.07. The van der Waals surface area contributed by atoms with Gasteiger partial charge in [0.15, 0.2) is 0 Å². The van der Waals surface area contributed by atoms with E-state index in [0.717, 1.165) is 34.4 Å².